The standard InChI is InChI=1S/C16H24N2O3/c19-10-4-7-15(14-5-2-1-3-6-14)17-13-16(20)18-8-11-21-12-9-18/h1-3,5-6,15,17,19H,4,7-13H2. The summed E-state index contributed by atoms with van der Waals surface area (Å²) in [5, 5.41) is 12.4. The largest absolute Gasteiger partial charge is 0.396 e. The van der Waals surface area contributed by atoms with E-state index in [1.807, 2.05) is 35.2 Å². The van der Waals surface area contributed by atoms with Crippen LogP contribution in [0.3, 0.4) is 0 Å². The fraction of sp³-hybridized carbons (Fsp3) is 0.562. The molecule has 0 radical (unpaired) electrons. The average Bonchev–Trinajstić information content (AvgIpc) is 2.56. The highest BCUT2D eigenvalue weighted by Gasteiger charge is 2.18. The van der Waals surface area contributed by atoms with Crippen molar-refractivity contribution in [1.29, 1.82) is 0 Å². The van der Waals surface area contributed by atoms with Crippen LogP contribution in [0.5, 0.6) is 0 Å². The molecule has 21 heavy (non-hydrogen) atoms. The van der Waals surface area contributed by atoms with Crippen molar-refractivity contribution in [3.05, 3.63) is 35.9 Å². The zero-order valence-corrected chi connectivity index (χ0v) is 12.3. The lowest BCUT2D eigenvalue weighted by Gasteiger charge is -2.28. The van der Waals surface area contributed by atoms with E-state index in [4.69, 9.17) is 9.84 Å². The Bertz CT molecular complexity index is 419. The van der Waals surface area contributed by atoms with Crippen LogP contribution in [0.1, 0.15) is 24.4 Å². The number of carbonyl (C=O) groups is 1. The number of amides is 1. The second-order valence-electron chi connectivity index (χ2n) is 5.20. The molecule has 0 spiro atoms. The summed E-state index contributed by atoms with van der Waals surface area (Å²) in [6.07, 6.45) is 1.54. The molecule has 2 N–H and O–H groups in total. The van der Waals surface area contributed by atoms with E-state index in [1.54, 1.807) is 0 Å². The van der Waals surface area contributed by atoms with Crippen LogP contribution >= 0.6 is 0 Å². The van der Waals surface area contributed by atoms with Crippen LogP contribution in [0, 0.1) is 0 Å². The van der Waals surface area contributed by atoms with Gasteiger partial charge in [-0.2, -0.15) is 0 Å². The summed E-state index contributed by atoms with van der Waals surface area (Å²) >= 11 is 0. The van der Waals surface area contributed by atoms with Crippen LogP contribution in [0.4, 0.5) is 0 Å². The van der Waals surface area contributed by atoms with Gasteiger partial charge in [-0.05, 0) is 18.4 Å². The summed E-state index contributed by atoms with van der Waals surface area (Å²) in [6, 6.07) is 10.2. The van der Waals surface area contributed by atoms with Crippen LogP contribution in [0.15, 0.2) is 30.3 Å². The molecule has 0 aromatic heterocycles. The lowest BCUT2D eigenvalue weighted by atomic mass is 10.0. The first kappa shape index (κ1) is 15.9. The van der Waals surface area contributed by atoms with E-state index < -0.39 is 0 Å². The van der Waals surface area contributed by atoms with Crippen molar-refractivity contribution in [2.24, 2.45) is 0 Å². The van der Waals surface area contributed by atoms with Gasteiger partial charge in [-0.15, -0.1) is 0 Å². The van der Waals surface area contributed by atoms with Gasteiger partial charge in [-0.1, -0.05) is 30.3 Å². The number of benzene rings is 1. The van der Waals surface area contributed by atoms with Crippen LogP contribution in [0.2, 0.25) is 0 Å². The molecule has 0 aliphatic carbocycles. The molecule has 1 fully saturated rings. The molecule has 1 aliphatic rings. The Balaban J connectivity index is 1.87. The van der Waals surface area contributed by atoms with E-state index in [1.165, 1.54) is 0 Å². The van der Waals surface area contributed by atoms with Crippen LogP contribution in [-0.4, -0.2) is 55.4 Å². The molecule has 1 heterocycles. The number of hydrogen-bond donors (Lipinski definition) is 2. The summed E-state index contributed by atoms with van der Waals surface area (Å²) in [6.45, 7) is 3.09. The lowest BCUT2D eigenvalue weighted by molar-refractivity contribution is -0.134. The maximum Gasteiger partial charge on any atom is 0.236 e. The molecule has 116 valence electrons. The van der Waals surface area contributed by atoms with Crippen LogP contribution in [0.25, 0.3) is 0 Å². The molecular formula is C16H24N2O3. The van der Waals surface area contributed by atoms with Gasteiger partial charge in [0.15, 0.2) is 0 Å². The summed E-state index contributed by atoms with van der Waals surface area (Å²) in [7, 11) is 0. The first-order chi connectivity index (χ1) is 10.3. The molecule has 1 amide bonds. The van der Waals surface area contributed by atoms with Gasteiger partial charge in [0.25, 0.3) is 0 Å². The van der Waals surface area contributed by atoms with Gasteiger partial charge in [0.1, 0.15) is 0 Å². The van der Waals surface area contributed by atoms with Crippen molar-refractivity contribution >= 4 is 5.91 Å². The highest BCUT2D eigenvalue weighted by atomic mass is 16.5. The third kappa shape index (κ3) is 5.12. The fourth-order valence-electron chi connectivity index (χ4n) is 2.50. The van der Waals surface area contributed by atoms with Gasteiger partial charge in [0, 0.05) is 25.7 Å². The van der Waals surface area contributed by atoms with Gasteiger partial charge in [0.2, 0.25) is 5.91 Å². The molecule has 5 heteroatoms. The predicted molar refractivity (Wildman–Crippen MR) is 80.9 cm³/mol. The van der Waals surface area contributed by atoms with Crippen molar-refractivity contribution < 1.29 is 14.6 Å². The summed E-state index contributed by atoms with van der Waals surface area (Å²) in [4.78, 5) is 14.0. The second-order valence-corrected chi connectivity index (χ2v) is 5.20. The summed E-state index contributed by atoms with van der Waals surface area (Å²) in [5.41, 5.74) is 1.15. The van der Waals surface area contributed by atoms with Gasteiger partial charge in [-0.3, -0.25) is 4.79 Å². The topological polar surface area (TPSA) is 61.8 Å². The monoisotopic (exact) mass is 292 g/mol. The number of aliphatic hydroxyl groups is 1. The number of ether oxygens (including phenoxy) is 1. The molecule has 0 saturated carbocycles. The van der Waals surface area contributed by atoms with E-state index in [9.17, 15) is 4.79 Å². The summed E-state index contributed by atoms with van der Waals surface area (Å²) < 4.78 is 5.26. The van der Waals surface area contributed by atoms with E-state index in [-0.39, 0.29) is 18.6 Å². The Labute approximate surface area is 125 Å². The number of hydrogen-bond acceptors (Lipinski definition) is 4. The van der Waals surface area contributed by atoms with Crippen molar-refractivity contribution in [2.75, 3.05) is 39.5 Å². The zero-order valence-electron chi connectivity index (χ0n) is 12.3. The molecule has 0 bridgehead atoms. The van der Waals surface area contributed by atoms with E-state index in [0.29, 0.717) is 32.8 Å². The second kappa shape index (κ2) is 8.77. The highest BCUT2D eigenvalue weighted by molar-refractivity contribution is 5.78. The minimum atomic E-state index is 0.100. The van der Waals surface area contributed by atoms with Crippen molar-refractivity contribution in [1.82, 2.24) is 10.2 Å². The first-order valence-corrected chi connectivity index (χ1v) is 7.56. The Morgan fingerprint density at radius 1 is 1.29 bits per heavy atom. The smallest absolute Gasteiger partial charge is 0.236 e. The molecular weight excluding hydrogens is 268 g/mol. The van der Waals surface area contributed by atoms with Crippen molar-refractivity contribution in [3.8, 4) is 0 Å². The minimum absolute atomic E-state index is 0.100. The Morgan fingerprint density at radius 3 is 2.67 bits per heavy atom. The number of nitrogens with zero attached hydrogens (tertiary/aromatic N) is 1. The van der Waals surface area contributed by atoms with E-state index in [0.717, 1.165) is 18.4 Å². The Morgan fingerprint density at radius 2 is 2.00 bits per heavy atom. The molecule has 1 atom stereocenters. The normalized spacial score (nSPS) is 16.7. The maximum atomic E-state index is 12.2. The van der Waals surface area contributed by atoms with E-state index >= 15 is 0 Å². The Hall–Kier alpha value is -1.43. The Kier molecular flexibility index (Phi) is 6.66. The number of rotatable bonds is 7. The molecule has 5 nitrogen and oxygen atoms in total. The van der Waals surface area contributed by atoms with Crippen molar-refractivity contribution in [3.63, 3.8) is 0 Å². The molecule has 1 unspecified atom stereocenters. The quantitative estimate of drug-likeness (QED) is 0.785. The summed E-state index contributed by atoms with van der Waals surface area (Å²) in [5.74, 6) is 0.114. The zero-order chi connectivity index (χ0) is 14.9. The third-order valence-corrected chi connectivity index (χ3v) is 3.72. The minimum Gasteiger partial charge on any atom is -0.396 e. The number of aliphatic hydroxyl groups excluding tert-OH is 1. The molecule has 1 aliphatic heterocycles. The highest BCUT2D eigenvalue weighted by Crippen LogP contribution is 2.17. The number of carbonyl (C=O) groups excluding carboxylic acids is 1. The maximum absolute atomic E-state index is 12.2. The van der Waals surface area contributed by atoms with Gasteiger partial charge in [-0.25, -0.2) is 0 Å². The van der Waals surface area contributed by atoms with Gasteiger partial charge >= 0.3 is 0 Å². The molecule has 1 aromatic rings. The number of morpholine rings is 1. The van der Waals surface area contributed by atoms with Crippen LogP contribution in [-0.2, 0) is 9.53 Å². The number of nitrogens with one attached hydrogen (secondary N) is 1. The third-order valence-electron chi connectivity index (χ3n) is 3.72. The van der Waals surface area contributed by atoms with Gasteiger partial charge in [0.05, 0.1) is 19.8 Å². The molecule has 1 saturated heterocycles. The molecule has 1 aromatic carbocycles. The van der Waals surface area contributed by atoms with Crippen LogP contribution < -0.4 is 5.32 Å². The first-order valence-electron chi connectivity index (χ1n) is 7.56. The predicted octanol–water partition coefficient (Wildman–Crippen LogP) is 0.949. The van der Waals surface area contributed by atoms with Crippen molar-refractivity contribution in [2.45, 2.75) is 18.9 Å². The SMILES string of the molecule is O=C(CNC(CCCO)c1ccccc1)N1CCOCC1. The lowest BCUT2D eigenvalue weighted by Crippen LogP contribution is -2.45. The molecule has 2 rings (SSSR count). The average molecular weight is 292 g/mol. The van der Waals surface area contributed by atoms with E-state index in [2.05, 4.69) is 5.32 Å². The fourth-order valence-corrected chi connectivity index (χ4v) is 2.50. The van der Waals surface area contributed by atoms with Gasteiger partial charge < -0.3 is 20.1 Å².